The zero-order valence-corrected chi connectivity index (χ0v) is 15.1. The molecule has 0 aliphatic carbocycles. The minimum atomic E-state index is -4.64. The maximum absolute atomic E-state index is 13.0. The highest BCUT2D eigenvalue weighted by Gasteiger charge is 2.42. The zero-order chi connectivity index (χ0) is 19.8. The third-order valence-corrected chi connectivity index (χ3v) is 5.30. The molecule has 146 valence electrons. The fraction of sp³-hybridized carbons (Fsp3) is 0.538. The quantitative estimate of drug-likeness (QED) is 0.606. The SMILES string of the molecule is CNC1=C(C(F)(F)F)C=NC(N)(c2cnn(S(=O)(=O)CCOC)c2C)N1. The van der Waals surface area contributed by atoms with Crippen LogP contribution in [0.3, 0.4) is 0 Å². The van der Waals surface area contributed by atoms with Crippen LogP contribution in [0.15, 0.2) is 22.6 Å². The summed E-state index contributed by atoms with van der Waals surface area (Å²) in [5.41, 5.74) is 5.30. The van der Waals surface area contributed by atoms with Gasteiger partial charge in [-0.2, -0.15) is 22.4 Å². The van der Waals surface area contributed by atoms with Crippen molar-refractivity contribution >= 4 is 16.2 Å². The van der Waals surface area contributed by atoms with Crippen LogP contribution in [-0.2, 0) is 20.5 Å². The molecule has 1 aromatic heterocycles. The van der Waals surface area contributed by atoms with Crippen molar-refractivity contribution in [1.82, 2.24) is 19.8 Å². The summed E-state index contributed by atoms with van der Waals surface area (Å²) < 4.78 is 69.1. The number of nitrogens with one attached hydrogen (secondary N) is 2. The second kappa shape index (κ2) is 6.89. The lowest BCUT2D eigenvalue weighted by Crippen LogP contribution is -2.54. The molecule has 0 spiro atoms. The summed E-state index contributed by atoms with van der Waals surface area (Å²) in [7, 11) is -1.16. The van der Waals surface area contributed by atoms with Crippen molar-refractivity contribution in [3.63, 3.8) is 0 Å². The molecule has 1 aliphatic rings. The van der Waals surface area contributed by atoms with Gasteiger partial charge in [0.15, 0.2) is 0 Å². The van der Waals surface area contributed by atoms with Gasteiger partial charge in [-0.1, -0.05) is 0 Å². The van der Waals surface area contributed by atoms with E-state index in [9.17, 15) is 21.6 Å². The van der Waals surface area contributed by atoms with Gasteiger partial charge in [0.05, 0.1) is 29.8 Å². The van der Waals surface area contributed by atoms with Crippen molar-refractivity contribution in [3.8, 4) is 0 Å². The molecule has 0 fully saturated rings. The molecule has 1 aromatic rings. The Hall–Kier alpha value is -2.12. The number of nitrogens with zero attached hydrogens (tertiary/aromatic N) is 3. The van der Waals surface area contributed by atoms with E-state index in [1.165, 1.54) is 21.1 Å². The van der Waals surface area contributed by atoms with Gasteiger partial charge in [0, 0.05) is 20.4 Å². The smallest absolute Gasteiger partial charge is 0.384 e. The highest BCUT2D eigenvalue weighted by Crippen LogP contribution is 2.31. The van der Waals surface area contributed by atoms with E-state index in [0.29, 0.717) is 6.21 Å². The summed E-state index contributed by atoms with van der Waals surface area (Å²) >= 11 is 0. The number of methoxy groups -OCH3 is 1. The molecule has 0 saturated heterocycles. The third kappa shape index (κ3) is 3.68. The van der Waals surface area contributed by atoms with E-state index < -0.39 is 27.6 Å². The molecule has 1 atom stereocenters. The van der Waals surface area contributed by atoms with Gasteiger partial charge in [-0.15, -0.1) is 0 Å². The Bertz CT molecular complexity index is 846. The minimum absolute atomic E-state index is 0.0390. The third-order valence-electron chi connectivity index (χ3n) is 3.73. The van der Waals surface area contributed by atoms with Crippen LogP contribution in [0, 0.1) is 6.92 Å². The number of hydrogen-bond donors (Lipinski definition) is 3. The Morgan fingerprint density at radius 2 is 2.12 bits per heavy atom. The number of halogens is 3. The van der Waals surface area contributed by atoms with Crippen molar-refractivity contribution in [2.45, 2.75) is 18.9 Å². The summed E-state index contributed by atoms with van der Waals surface area (Å²) in [4.78, 5) is 3.75. The van der Waals surface area contributed by atoms with Crippen molar-refractivity contribution in [2.75, 3.05) is 26.5 Å². The van der Waals surface area contributed by atoms with Crippen LogP contribution in [0.1, 0.15) is 11.3 Å². The normalized spacial score (nSPS) is 21.0. The second-order valence-corrected chi connectivity index (χ2v) is 7.40. The topological polar surface area (TPSA) is 124 Å². The van der Waals surface area contributed by atoms with Crippen LogP contribution >= 0.6 is 0 Å². The van der Waals surface area contributed by atoms with E-state index in [0.717, 1.165) is 10.3 Å². The van der Waals surface area contributed by atoms with Gasteiger partial charge in [0.25, 0.3) is 10.0 Å². The van der Waals surface area contributed by atoms with Crippen molar-refractivity contribution < 1.29 is 26.3 Å². The van der Waals surface area contributed by atoms with Crippen molar-refractivity contribution in [3.05, 3.63) is 28.8 Å². The maximum atomic E-state index is 13.0. The lowest BCUT2D eigenvalue weighted by atomic mass is 10.1. The van der Waals surface area contributed by atoms with Gasteiger partial charge in [-0.25, -0.2) is 13.4 Å². The van der Waals surface area contributed by atoms with Crippen LogP contribution in [0.2, 0.25) is 0 Å². The average molecular weight is 396 g/mol. The molecule has 1 aliphatic heterocycles. The van der Waals surface area contributed by atoms with Gasteiger partial charge >= 0.3 is 6.18 Å². The number of aliphatic imine (C=N–C) groups is 1. The Kier molecular flexibility index (Phi) is 5.35. The maximum Gasteiger partial charge on any atom is 0.421 e. The first-order valence-electron chi connectivity index (χ1n) is 7.35. The lowest BCUT2D eigenvalue weighted by molar-refractivity contribution is -0.0875. The molecule has 2 rings (SSSR count). The number of nitrogens with two attached hydrogens (primary N) is 1. The van der Waals surface area contributed by atoms with Crippen LogP contribution in [0.4, 0.5) is 13.2 Å². The first-order chi connectivity index (χ1) is 12.0. The Morgan fingerprint density at radius 3 is 2.65 bits per heavy atom. The van der Waals surface area contributed by atoms with E-state index in [-0.39, 0.29) is 29.4 Å². The van der Waals surface area contributed by atoms with E-state index in [1.54, 1.807) is 0 Å². The van der Waals surface area contributed by atoms with Crippen molar-refractivity contribution in [2.24, 2.45) is 10.7 Å². The van der Waals surface area contributed by atoms with E-state index in [4.69, 9.17) is 10.5 Å². The van der Waals surface area contributed by atoms with Gasteiger partial charge in [0.1, 0.15) is 11.4 Å². The molecule has 0 saturated carbocycles. The molecule has 0 radical (unpaired) electrons. The predicted molar refractivity (Wildman–Crippen MR) is 87.7 cm³/mol. The zero-order valence-electron chi connectivity index (χ0n) is 14.3. The molecule has 0 bridgehead atoms. The Balaban J connectivity index is 2.42. The van der Waals surface area contributed by atoms with E-state index >= 15 is 0 Å². The number of allylic oxidation sites excluding steroid dienone is 1. The lowest BCUT2D eigenvalue weighted by Gasteiger charge is -2.33. The minimum Gasteiger partial charge on any atom is -0.384 e. The summed E-state index contributed by atoms with van der Waals surface area (Å²) in [6.45, 7) is 1.39. The average Bonchev–Trinajstić information content (AvgIpc) is 2.95. The largest absolute Gasteiger partial charge is 0.421 e. The number of ether oxygens (including phenoxy) is 1. The fourth-order valence-electron chi connectivity index (χ4n) is 2.39. The highest BCUT2D eigenvalue weighted by atomic mass is 32.2. The Labute approximate surface area is 148 Å². The van der Waals surface area contributed by atoms with Crippen molar-refractivity contribution in [1.29, 1.82) is 0 Å². The number of rotatable bonds is 6. The molecule has 26 heavy (non-hydrogen) atoms. The Morgan fingerprint density at radius 1 is 1.46 bits per heavy atom. The van der Waals surface area contributed by atoms with Gasteiger partial charge in [-0.3, -0.25) is 5.73 Å². The highest BCUT2D eigenvalue weighted by molar-refractivity contribution is 7.89. The molecule has 9 nitrogen and oxygen atoms in total. The first kappa shape index (κ1) is 20.2. The van der Waals surface area contributed by atoms with Gasteiger partial charge in [0.2, 0.25) is 5.79 Å². The standard InChI is InChI=1S/C13H19F3N6O3S/c1-8-9(7-20-22(8)26(23,24)5-4-25-3)13(17)19-6-10(12(14,15)16)11(18-2)21-13/h6-7,18,21H,4-5,17H2,1-3H3. The molecule has 4 N–H and O–H groups in total. The molecule has 0 amide bonds. The summed E-state index contributed by atoms with van der Waals surface area (Å²) in [5.74, 6) is -2.52. The molecule has 13 heteroatoms. The monoisotopic (exact) mass is 396 g/mol. The van der Waals surface area contributed by atoms with E-state index in [1.807, 2.05) is 0 Å². The summed E-state index contributed by atoms with van der Waals surface area (Å²) in [5, 5.41) is 8.64. The fourth-order valence-corrected chi connectivity index (χ4v) is 3.65. The van der Waals surface area contributed by atoms with E-state index in [2.05, 4.69) is 20.7 Å². The molecule has 0 aromatic carbocycles. The van der Waals surface area contributed by atoms with Crippen LogP contribution in [0.25, 0.3) is 0 Å². The number of hydrogen-bond acceptors (Lipinski definition) is 8. The van der Waals surface area contributed by atoms with Gasteiger partial charge in [-0.05, 0) is 6.92 Å². The van der Waals surface area contributed by atoms with Gasteiger partial charge < -0.3 is 15.4 Å². The second-order valence-electron chi connectivity index (χ2n) is 5.48. The summed E-state index contributed by atoms with van der Waals surface area (Å²) in [6.07, 6.45) is -2.90. The summed E-state index contributed by atoms with van der Waals surface area (Å²) in [6, 6.07) is 0. The number of aromatic nitrogens is 2. The van der Waals surface area contributed by atoms with Crippen LogP contribution < -0.4 is 16.4 Å². The first-order valence-corrected chi connectivity index (χ1v) is 8.96. The molecule has 1 unspecified atom stereocenters. The van der Waals surface area contributed by atoms with Crippen LogP contribution in [-0.4, -0.2) is 56.5 Å². The van der Waals surface area contributed by atoms with Crippen LogP contribution in [0.5, 0.6) is 0 Å². The molecular weight excluding hydrogens is 377 g/mol. The molecule has 2 heterocycles. The predicted octanol–water partition coefficient (Wildman–Crippen LogP) is -0.248. The number of alkyl halides is 3. The molecular formula is C13H19F3N6O3S.